The van der Waals surface area contributed by atoms with Crippen LogP contribution < -0.4 is 14.4 Å². The second-order valence-electron chi connectivity index (χ2n) is 10.1. The van der Waals surface area contributed by atoms with Crippen molar-refractivity contribution in [3.63, 3.8) is 0 Å². The molecule has 0 bridgehead atoms. The van der Waals surface area contributed by atoms with Crippen molar-refractivity contribution in [1.82, 2.24) is 9.80 Å². The predicted molar refractivity (Wildman–Crippen MR) is 147 cm³/mol. The molecule has 0 radical (unpaired) electrons. The topological polar surface area (TPSA) is 62.3 Å². The Kier molecular flexibility index (Phi) is 6.60. The van der Waals surface area contributed by atoms with E-state index < -0.39 is 6.10 Å². The molecular formula is C31H31N3O4. The van der Waals surface area contributed by atoms with E-state index in [1.54, 1.807) is 6.07 Å². The highest BCUT2D eigenvalue weighted by molar-refractivity contribution is 6.23. The molecule has 6 rings (SSSR count). The molecule has 7 nitrogen and oxygen atoms in total. The summed E-state index contributed by atoms with van der Waals surface area (Å²) in [6.07, 6.45) is 1.82. The summed E-state index contributed by atoms with van der Waals surface area (Å²) in [7, 11) is 0. The van der Waals surface area contributed by atoms with Crippen molar-refractivity contribution < 1.29 is 19.1 Å². The number of amides is 2. The van der Waals surface area contributed by atoms with Gasteiger partial charge in [-0.15, -0.1) is 0 Å². The molecule has 2 amide bonds. The maximum absolute atomic E-state index is 13.5. The van der Waals surface area contributed by atoms with Gasteiger partial charge in [-0.3, -0.25) is 19.4 Å². The lowest BCUT2D eigenvalue weighted by atomic mass is 10.1. The first-order valence-electron chi connectivity index (χ1n) is 13.1. The van der Waals surface area contributed by atoms with Crippen molar-refractivity contribution in [1.29, 1.82) is 0 Å². The minimum Gasteiger partial charge on any atom is -0.486 e. The average molecular weight is 510 g/mol. The standard InChI is InChI=1S/C31H31N3O4/c1-22(18-23-8-3-2-4-9-23)19-32-14-16-33(17-15-32)26-11-7-10-25-29(26)31(36)34(30(25)35)20-24-21-37-27-12-5-6-13-28(27)38-24/h2-13,18,24H,14-17,19-21H2,1H3. The van der Waals surface area contributed by atoms with Gasteiger partial charge in [0.25, 0.3) is 11.8 Å². The third-order valence-corrected chi connectivity index (χ3v) is 7.33. The second kappa shape index (κ2) is 10.3. The molecule has 0 aromatic heterocycles. The molecular weight excluding hydrogens is 478 g/mol. The summed E-state index contributed by atoms with van der Waals surface area (Å²) in [5.41, 5.74) is 4.34. The third-order valence-electron chi connectivity index (χ3n) is 7.33. The van der Waals surface area contributed by atoms with Gasteiger partial charge in [0.05, 0.1) is 23.4 Å². The van der Waals surface area contributed by atoms with Gasteiger partial charge in [0, 0.05) is 32.7 Å². The first-order valence-corrected chi connectivity index (χ1v) is 13.1. The van der Waals surface area contributed by atoms with E-state index in [0.29, 0.717) is 22.6 Å². The van der Waals surface area contributed by atoms with Crippen LogP contribution in [0.4, 0.5) is 5.69 Å². The number of fused-ring (bicyclic) bond motifs is 2. The Labute approximate surface area is 222 Å². The maximum Gasteiger partial charge on any atom is 0.263 e. The maximum atomic E-state index is 13.5. The lowest BCUT2D eigenvalue weighted by molar-refractivity contribution is 0.0430. The van der Waals surface area contributed by atoms with Crippen molar-refractivity contribution in [2.24, 2.45) is 0 Å². The molecule has 194 valence electrons. The fraction of sp³-hybridized carbons (Fsp3) is 0.290. The summed E-state index contributed by atoms with van der Waals surface area (Å²) in [5.74, 6) is 0.785. The molecule has 7 heteroatoms. The highest BCUT2D eigenvalue weighted by Gasteiger charge is 2.40. The van der Waals surface area contributed by atoms with E-state index >= 15 is 0 Å². The van der Waals surface area contributed by atoms with Crippen LogP contribution in [0.1, 0.15) is 33.2 Å². The fourth-order valence-corrected chi connectivity index (χ4v) is 5.48. The van der Waals surface area contributed by atoms with E-state index in [9.17, 15) is 9.59 Å². The summed E-state index contributed by atoms with van der Waals surface area (Å²) in [5, 5.41) is 0. The van der Waals surface area contributed by atoms with Crippen LogP contribution in [0.3, 0.4) is 0 Å². The van der Waals surface area contributed by atoms with Crippen LogP contribution in [-0.4, -0.2) is 73.6 Å². The number of imide groups is 1. The van der Waals surface area contributed by atoms with E-state index in [-0.39, 0.29) is 25.0 Å². The van der Waals surface area contributed by atoms with Crippen LogP contribution in [0.15, 0.2) is 78.4 Å². The average Bonchev–Trinajstić information content (AvgIpc) is 3.19. The highest BCUT2D eigenvalue weighted by Crippen LogP contribution is 2.35. The SMILES string of the molecule is CC(=Cc1ccccc1)CN1CCN(c2cccc3c2C(=O)N(CC2COc4ccccc4O2)C3=O)CC1. The van der Waals surface area contributed by atoms with Crippen molar-refractivity contribution in [3.05, 3.63) is 95.1 Å². The van der Waals surface area contributed by atoms with Crippen LogP contribution >= 0.6 is 0 Å². The van der Waals surface area contributed by atoms with Crippen molar-refractivity contribution >= 4 is 23.6 Å². The number of piperazine rings is 1. The molecule has 3 aromatic rings. The van der Waals surface area contributed by atoms with Crippen LogP contribution in [-0.2, 0) is 0 Å². The molecule has 0 aliphatic carbocycles. The van der Waals surface area contributed by atoms with E-state index in [0.717, 1.165) is 38.4 Å². The number of hydrogen-bond donors (Lipinski definition) is 0. The van der Waals surface area contributed by atoms with Gasteiger partial charge in [-0.05, 0) is 36.8 Å². The van der Waals surface area contributed by atoms with Crippen LogP contribution in [0.5, 0.6) is 11.5 Å². The minimum atomic E-state index is -0.411. The van der Waals surface area contributed by atoms with Crippen LogP contribution in [0, 0.1) is 0 Å². The first kappa shape index (κ1) is 24.2. The van der Waals surface area contributed by atoms with E-state index in [4.69, 9.17) is 9.47 Å². The number of rotatable bonds is 6. The van der Waals surface area contributed by atoms with E-state index in [2.05, 4.69) is 47.1 Å². The molecule has 1 fully saturated rings. The number of ether oxygens (including phenoxy) is 2. The lowest BCUT2D eigenvalue weighted by Crippen LogP contribution is -2.47. The van der Waals surface area contributed by atoms with Crippen LogP contribution in [0.25, 0.3) is 6.08 Å². The van der Waals surface area contributed by atoms with Gasteiger partial charge < -0.3 is 14.4 Å². The summed E-state index contributed by atoms with van der Waals surface area (Å²) in [4.78, 5) is 32.8. The number of carbonyl (C=O) groups is 2. The van der Waals surface area contributed by atoms with Crippen molar-refractivity contribution in [3.8, 4) is 11.5 Å². The van der Waals surface area contributed by atoms with Crippen molar-refractivity contribution in [2.75, 3.05) is 50.8 Å². The molecule has 0 N–H and O–H groups in total. The van der Waals surface area contributed by atoms with Gasteiger partial charge in [-0.1, -0.05) is 60.2 Å². The zero-order valence-corrected chi connectivity index (χ0v) is 21.5. The summed E-state index contributed by atoms with van der Waals surface area (Å²) >= 11 is 0. The number of nitrogens with zero attached hydrogens (tertiary/aromatic N) is 3. The molecule has 1 saturated heterocycles. The zero-order chi connectivity index (χ0) is 26.1. The number of para-hydroxylation sites is 2. The lowest BCUT2D eigenvalue weighted by Gasteiger charge is -2.37. The Morgan fingerprint density at radius 3 is 2.39 bits per heavy atom. The van der Waals surface area contributed by atoms with Crippen LogP contribution in [0.2, 0.25) is 0 Å². The molecule has 3 aliphatic heterocycles. The summed E-state index contributed by atoms with van der Waals surface area (Å²) < 4.78 is 11.8. The number of carbonyl (C=O) groups excluding carboxylic acids is 2. The predicted octanol–water partition coefficient (Wildman–Crippen LogP) is 4.35. The summed E-state index contributed by atoms with van der Waals surface area (Å²) in [6.45, 7) is 6.90. The Hall–Kier alpha value is -4.10. The Morgan fingerprint density at radius 2 is 1.61 bits per heavy atom. The highest BCUT2D eigenvalue weighted by atomic mass is 16.6. The largest absolute Gasteiger partial charge is 0.486 e. The fourth-order valence-electron chi connectivity index (χ4n) is 5.48. The smallest absolute Gasteiger partial charge is 0.263 e. The Morgan fingerprint density at radius 1 is 0.868 bits per heavy atom. The van der Waals surface area contributed by atoms with Gasteiger partial charge in [0.1, 0.15) is 6.61 Å². The zero-order valence-electron chi connectivity index (χ0n) is 21.5. The Bertz CT molecular complexity index is 1380. The molecule has 3 aliphatic rings. The van der Waals surface area contributed by atoms with Gasteiger partial charge >= 0.3 is 0 Å². The quantitative estimate of drug-likeness (QED) is 0.461. The van der Waals surface area contributed by atoms with Crippen molar-refractivity contribution in [2.45, 2.75) is 13.0 Å². The third kappa shape index (κ3) is 4.77. The number of hydrogen-bond acceptors (Lipinski definition) is 6. The molecule has 0 spiro atoms. The molecule has 0 saturated carbocycles. The second-order valence-corrected chi connectivity index (χ2v) is 10.1. The molecule has 3 heterocycles. The van der Waals surface area contributed by atoms with E-state index in [1.165, 1.54) is 16.0 Å². The minimum absolute atomic E-state index is 0.154. The van der Waals surface area contributed by atoms with Gasteiger partial charge in [0.2, 0.25) is 0 Å². The molecule has 38 heavy (non-hydrogen) atoms. The molecule has 1 atom stereocenters. The van der Waals surface area contributed by atoms with Gasteiger partial charge in [0.15, 0.2) is 17.6 Å². The molecule has 3 aromatic carbocycles. The van der Waals surface area contributed by atoms with Gasteiger partial charge in [-0.25, -0.2) is 0 Å². The number of benzene rings is 3. The normalized spacial score (nSPS) is 19.6. The van der Waals surface area contributed by atoms with Gasteiger partial charge in [-0.2, -0.15) is 0 Å². The van der Waals surface area contributed by atoms with E-state index in [1.807, 2.05) is 42.5 Å². The number of anilines is 1. The first-order chi connectivity index (χ1) is 18.6. The Balaban J connectivity index is 1.11. The molecule has 1 unspecified atom stereocenters. The summed E-state index contributed by atoms with van der Waals surface area (Å²) in [6, 6.07) is 23.4. The monoisotopic (exact) mass is 509 g/mol.